The Labute approximate surface area is 121 Å². The van der Waals surface area contributed by atoms with Gasteiger partial charge in [0, 0.05) is 11.6 Å². The van der Waals surface area contributed by atoms with Crippen LogP contribution in [0.1, 0.15) is 11.1 Å². The normalized spacial score (nSPS) is 9.75. The Bertz CT molecular complexity index is 622. The van der Waals surface area contributed by atoms with E-state index in [4.69, 9.17) is 16.3 Å². The van der Waals surface area contributed by atoms with E-state index in [9.17, 15) is 8.78 Å². The molecule has 0 spiro atoms. The van der Waals surface area contributed by atoms with Crippen LogP contribution < -0.4 is 4.74 Å². The molecule has 0 unspecified atom stereocenters. The molecule has 4 heteroatoms. The molecule has 2 aromatic carbocycles. The molecule has 0 aromatic heterocycles. The van der Waals surface area contributed by atoms with E-state index in [1.165, 1.54) is 12.1 Å². The van der Waals surface area contributed by atoms with E-state index in [2.05, 4.69) is 11.8 Å². The lowest BCUT2D eigenvalue weighted by Crippen LogP contribution is -1.97. The minimum atomic E-state index is -0.615. The molecule has 2 aromatic rings. The summed E-state index contributed by atoms with van der Waals surface area (Å²) in [5, 5.41) is 0. The summed E-state index contributed by atoms with van der Waals surface area (Å²) in [7, 11) is 0. The van der Waals surface area contributed by atoms with Crippen molar-refractivity contribution < 1.29 is 13.5 Å². The van der Waals surface area contributed by atoms with Crippen molar-refractivity contribution in [3.05, 3.63) is 65.2 Å². The van der Waals surface area contributed by atoms with E-state index in [1.807, 2.05) is 0 Å². The maximum Gasteiger partial charge on any atom is 0.126 e. The summed E-state index contributed by atoms with van der Waals surface area (Å²) < 4.78 is 31.5. The standard InChI is InChI=1S/C16H11ClF2O/c17-7-1-2-12-3-5-16(6-4-12)20-11-13-8-14(18)10-15(19)9-13/h3-6,8-10H,7,11H2. The Morgan fingerprint density at radius 1 is 1.00 bits per heavy atom. The Morgan fingerprint density at radius 2 is 1.65 bits per heavy atom. The Morgan fingerprint density at radius 3 is 2.25 bits per heavy atom. The molecule has 1 nitrogen and oxygen atoms in total. The van der Waals surface area contributed by atoms with Crippen molar-refractivity contribution in [2.24, 2.45) is 0 Å². The minimum absolute atomic E-state index is 0.0986. The van der Waals surface area contributed by atoms with Crippen LogP contribution in [0.5, 0.6) is 5.75 Å². The van der Waals surface area contributed by atoms with E-state index >= 15 is 0 Å². The molecule has 0 amide bonds. The van der Waals surface area contributed by atoms with Crippen LogP contribution in [-0.4, -0.2) is 5.88 Å². The van der Waals surface area contributed by atoms with Gasteiger partial charge in [0.15, 0.2) is 0 Å². The Balaban J connectivity index is 2.00. The largest absolute Gasteiger partial charge is 0.489 e. The first kappa shape index (κ1) is 14.4. The molecule has 20 heavy (non-hydrogen) atoms. The number of halogens is 3. The second-order valence-electron chi connectivity index (χ2n) is 4.03. The van der Waals surface area contributed by atoms with Crippen LogP contribution in [0, 0.1) is 23.5 Å². The Kier molecular flexibility index (Phi) is 4.97. The van der Waals surface area contributed by atoms with Crippen LogP contribution in [0.25, 0.3) is 0 Å². The minimum Gasteiger partial charge on any atom is -0.489 e. The second kappa shape index (κ2) is 6.93. The van der Waals surface area contributed by atoms with Crippen molar-refractivity contribution in [2.45, 2.75) is 6.61 Å². The monoisotopic (exact) mass is 292 g/mol. The highest BCUT2D eigenvalue weighted by Gasteiger charge is 2.01. The number of hydrogen-bond acceptors (Lipinski definition) is 1. The molecule has 102 valence electrons. The first-order valence-corrected chi connectivity index (χ1v) is 6.43. The number of hydrogen-bond donors (Lipinski definition) is 0. The fraction of sp³-hybridized carbons (Fsp3) is 0.125. The Hall–Kier alpha value is -2.05. The topological polar surface area (TPSA) is 9.23 Å². The van der Waals surface area contributed by atoms with Gasteiger partial charge in [-0.1, -0.05) is 11.8 Å². The van der Waals surface area contributed by atoms with Gasteiger partial charge in [0.05, 0.1) is 5.88 Å². The lowest BCUT2D eigenvalue weighted by molar-refractivity contribution is 0.305. The number of alkyl halides is 1. The van der Waals surface area contributed by atoms with Gasteiger partial charge in [-0.05, 0) is 42.0 Å². The molecule has 0 aliphatic heterocycles. The summed E-state index contributed by atoms with van der Waals surface area (Å²) in [6.45, 7) is 0.0986. The molecule has 0 fully saturated rings. The molecular weight excluding hydrogens is 282 g/mol. The average Bonchev–Trinajstić information content (AvgIpc) is 2.43. The van der Waals surface area contributed by atoms with Gasteiger partial charge in [-0.2, -0.15) is 0 Å². The van der Waals surface area contributed by atoms with Crippen LogP contribution in [0.2, 0.25) is 0 Å². The molecule has 2 rings (SSSR count). The maximum absolute atomic E-state index is 13.0. The fourth-order valence-electron chi connectivity index (χ4n) is 1.63. The zero-order valence-electron chi connectivity index (χ0n) is 10.5. The number of rotatable bonds is 3. The molecule has 0 heterocycles. The van der Waals surface area contributed by atoms with Crippen molar-refractivity contribution in [1.29, 1.82) is 0 Å². The van der Waals surface area contributed by atoms with Crippen LogP contribution in [0.15, 0.2) is 42.5 Å². The van der Waals surface area contributed by atoms with Gasteiger partial charge in [0.1, 0.15) is 24.0 Å². The van der Waals surface area contributed by atoms with Gasteiger partial charge in [-0.25, -0.2) is 8.78 Å². The predicted octanol–water partition coefficient (Wildman–Crippen LogP) is 4.13. The molecule has 0 N–H and O–H groups in total. The SMILES string of the molecule is Fc1cc(F)cc(COc2ccc(C#CCCl)cc2)c1. The molecular formula is C16H11ClF2O. The summed E-state index contributed by atoms with van der Waals surface area (Å²) in [6.07, 6.45) is 0. The smallest absolute Gasteiger partial charge is 0.126 e. The quantitative estimate of drug-likeness (QED) is 0.610. The van der Waals surface area contributed by atoms with Crippen molar-refractivity contribution >= 4 is 11.6 Å². The lowest BCUT2D eigenvalue weighted by Gasteiger charge is -2.06. The van der Waals surface area contributed by atoms with E-state index < -0.39 is 11.6 Å². The van der Waals surface area contributed by atoms with Gasteiger partial charge < -0.3 is 4.74 Å². The highest BCUT2D eigenvalue weighted by atomic mass is 35.5. The van der Waals surface area contributed by atoms with Gasteiger partial charge >= 0.3 is 0 Å². The summed E-state index contributed by atoms with van der Waals surface area (Å²) in [4.78, 5) is 0. The zero-order chi connectivity index (χ0) is 14.4. The molecule has 0 bridgehead atoms. The number of benzene rings is 2. The van der Waals surface area contributed by atoms with Crippen LogP contribution in [0.4, 0.5) is 8.78 Å². The average molecular weight is 293 g/mol. The predicted molar refractivity (Wildman–Crippen MR) is 74.7 cm³/mol. The molecule has 0 saturated carbocycles. The first-order valence-electron chi connectivity index (χ1n) is 5.90. The van der Waals surface area contributed by atoms with E-state index in [1.54, 1.807) is 24.3 Å². The summed E-state index contributed by atoms with van der Waals surface area (Å²) in [5.41, 5.74) is 1.27. The molecule has 0 aliphatic rings. The fourth-order valence-corrected chi connectivity index (χ4v) is 1.70. The third kappa shape index (κ3) is 4.25. The molecule has 0 aliphatic carbocycles. The first-order chi connectivity index (χ1) is 9.67. The lowest BCUT2D eigenvalue weighted by atomic mass is 10.2. The van der Waals surface area contributed by atoms with E-state index in [-0.39, 0.29) is 12.5 Å². The van der Waals surface area contributed by atoms with Crippen LogP contribution in [-0.2, 0) is 6.61 Å². The highest BCUT2D eigenvalue weighted by molar-refractivity contribution is 6.19. The van der Waals surface area contributed by atoms with Crippen molar-refractivity contribution in [3.63, 3.8) is 0 Å². The summed E-state index contributed by atoms with van der Waals surface area (Å²) in [5.74, 6) is 5.27. The van der Waals surface area contributed by atoms with Crippen molar-refractivity contribution in [2.75, 3.05) is 5.88 Å². The van der Waals surface area contributed by atoms with Crippen molar-refractivity contribution in [1.82, 2.24) is 0 Å². The third-order valence-corrected chi connectivity index (χ3v) is 2.62. The van der Waals surface area contributed by atoms with E-state index in [0.29, 0.717) is 11.3 Å². The van der Waals surface area contributed by atoms with Gasteiger partial charge in [0.2, 0.25) is 0 Å². The highest BCUT2D eigenvalue weighted by Crippen LogP contribution is 2.15. The third-order valence-electron chi connectivity index (χ3n) is 2.48. The van der Waals surface area contributed by atoms with E-state index in [0.717, 1.165) is 11.6 Å². The summed E-state index contributed by atoms with van der Waals surface area (Å²) >= 11 is 5.47. The van der Waals surface area contributed by atoms with Crippen molar-refractivity contribution in [3.8, 4) is 17.6 Å². The van der Waals surface area contributed by atoms with Crippen LogP contribution in [0.3, 0.4) is 0 Å². The van der Waals surface area contributed by atoms with Gasteiger partial charge in [-0.15, -0.1) is 11.6 Å². The molecule has 0 radical (unpaired) electrons. The maximum atomic E-state index is 13.0. The van der Waals surface area contributed by atoms with Gasteiger partial charge in [-0.3, -0.25) is 0 Å². The number of ether oxygens (including phenoxy) is 1. The molecule has 0 saturated heterocycles. The van der Waals surface area contributed by atoms with Gasteiger partial charge in [0.25, 0.3) is 0 Å². The second-order valence-corrected chi connectivity index (χ2v) is 4.29. The molecule has 0 atom stereocenters. The van der Waals surface area contributed by atoms with Crippen LogP contribution >= 0.6 is 11.6 Å². The summed E-state index contributed by atoms with van der Waals surface area (Å²) in [6, 6.07) is 10.4. The zero-order valence-corrected chi connectivity index (χ0v) is 11.3.